The number of ether oxygens (including phenoxy) is 2. The molecule has 1 unspecified atom stereocenters. The number of thioether (sulfide) groups is 1. The summed E-state index contributed by atoms with van der Waals surface area (Å²) in [5.41, 5.74) is 4.23. The average Bonchev–Trinajstić information content (AvgIpc) is 3.31. The Morgan fingerprint density at radius 3 is 2.11 bits per heavy atom. The van der Waals surface area contributed by atoms with Crippen molar-refractivity contribution in [3.8, 4) is 34.0 Å². The zero-order valence-corrected chi connectivity index (χ0v) is 24.4. The second kappa shape index (κ2) is 15.5. The van der Waals surface area contributed by atoms with Crippen molar-refractivity contribution in [2.45, 2.75) is 71.0 Å². The minimum Gasteiger partial charge on any atom is -0.497 e. The van der Waals surface area contributed by atoms with Crippen molar-refractivity contribution in [3.05, 3.63) is 48.5 Å². The van der Waals surface area contributed by atoms with Crippen molar-refractivity contribution >= 4 is 17.7 Å². The standard InChI is InChI=1S/C31H43N3O3S/c1-6-9-11-23(8-3)30(35)32-20-10-22-38-31-33-28(24-12-16-26(36-4)17-13-24)29(34(31)21-7-2)25-14-18-27(37-5)19-15-25/h12-19,23H,6-11,20-22H2,1-5H3,(H,32,35). The molecule has 3 aromatic rings. The van der Waals surface area contributed by atoms with Crippen molar-refractivity contribution < 1.29 is 14.3 Å². The molecule has 2 aromatic carbocycles. The van der Waals surface area contributed by atoms with E-state index >= 15 is 0 Å². The molecular formula is C31H43N3O3S. The van der Waals surface area contributed by atoms with Crippen LogP contribution in [0.4, 0.5) is 0 Å². The van der Waals surface area contributed by atoms with Crippen LogP contribution in [0.15, 0.2) is 53.7 Å². The van der Waals surface area contributed by atoms with Crippen LogP contribution in [0.5, 0.6) is 11.5 Å². The van der Waals surface area contributed by atoms with E-state index in [1.54, 1.807) is 26.0 Å². The fraction of sp³-hybridized carbons (Fsp3) is 0.484. The third-order valence-corrected chi connectivity index (χ3v) is 7.79. The van der Waals surface area contributed by atoms with Crippen molar-refractivity contribution in [1.29, 1.82) is 0 Å². The number of unbranched alkanes of at least 4 members (excludes halogenated alkanes) is 1. The topological polar surface area (TPSA) is 65.4 Å². The molecule has 6 nitrogen and oxygen atoms in total. The van der Waals surface area contributed by atoms with E-state index in [2.05, 4.69) is 54.9 Å². The molecule has 0 fully saturated rings. The highest BCUT2D eigenvalue weighted by molar-refractivity contribution is 7.99. The summed E-state index contributed by atoms with van der Waals surface area (Å²) in [5, 5.41) is 4.16. The van der Waals surface area contributed by atoms with Crippen LogP contribution in [0.25, 0.3) is 22.5 Å². The number of methoxy groups -OCH3 is 2. The van der Waals surface area contributed by atoms with E-state index in [4.69, 9.17) is 14.5 Å². The highest BCUT2D eigenvalue weighted by atomic mass is 32.2. The fourth-order valence-corrected chi connectivity index (χ4v) is 5.49. The van der Waals surface area contributed by atoms with Crippen LogP contribution in [0.1, 0.15) is 59.3 Å². The molecule has 0 saturated heterocycles. The maximum absolute atomic E-state index is 12.6. The van der Waals surface area contributed by atoms with Crippen LogP contribution in [0.2, 0.25) is 0 Å². The molecule has 206 valence electrons. The molecule has 3 rings (SSSR count). The number of imidazole rings is 1. The van der Waals surface area contributed by atoms with Crippen molar-refractivity contribution in [3.63, 3.8) is 0 Å². The number of hydrogen-bond donors (Lipinski definition) is 1. The minimum atomic E-state index is 0.130. The van der Waals surface area contributed by atoms with Crippen molar-refractivity contribution in [1.82, 2.24) is 14.9 Å². The Morgan fingerprint density at radius 2 is 1.55 bits per heavy atom. The second-order valence-electron chi connectivity index (χ2n) is 9.44. The van der Waals surface area contributed by atoms with Gasteiger partial charge in [-0.2, -0.15) is 0 Å². The van der Waals surface area contributed by atoms with Gasteiger partial charge in [-0.15, -0.1) is 0 Å². The highest BCUT2D eigenvalue weighted by Crippen LogP contribution is 2.37. The van der Waals surface area contributed by atoms with Crippen molar-refractivity contribution in [2.75, 3.05) is 26.5 Å². The number of benzene rings is 2. The molecule has 1 aromatic heterocycles. The van der Waals surface area contributed by atoms with Crippen LogP contribution >= 0.6 is 11.8 Å². The molecule has 0 aliphatic carbocycles. The normalized spacial score (nSPS) is 11.8. The van der Waals surface area contributed by atoms with Gasteiger partial charge in [0.25, 0.3) is 0 Å². The van der Waals surface area contributed by atoms with E-state index in [0.29, 0.717) is 6.54 Å². The molecule has 7 heteroatoms. The summed E-state index contributed by atoms with van der Waals surface area (Å²) >= 11 is 1.76. The van der Waals surface area contributed by atoms with E-state index < -0.39 is 0 Å². The summed E-state index contributed by atoms with van der Waals surface area (Å²) in [6.45, 7) is 8.03. The largest absolute Gasteiger partial charge is 0.497 e. The Kier molecular flexibility index (Phi) is 12.1. The van der Waals surface area contributed by atoms with Crippen LogP contribution in [0, 0.1) is 5.92 Å². The Hall–Kier alpha value is -2.93. The summed E-state index contributed by atoms with van der Waals surface area (Å²) in [5.74, 6) is 2.87. The molecule has 0 radical (unpaired) electrons. The van der Waals surface area contributed by atoms with Gasteiger partial charge in [0.05, 0.1) is 25.6 Å². The van der Waals surface area contributed by atoms with Crippen LogP contribution < -0.4 is 14.8 Å². The maximum atomic E-state index is 12.6. The quantitative estimate of drug-likeness (QED) is 0.152. The SMILES string of the molecule is CCCCC(CC)C(=O)NCCCSc1nc(-c2ccc(OC)cc2)c(-c2ccc(OC)cc2)n1CCC. The van der Waals surface area contributed by atoms with Gasteiger partial charge in [0, 0.05) is 35.9 Å². The minimum absolute atomic E-state index is 0.130. The Labute approximate surface area is 232 Å². The first-order chi connectivity index (χ1) is 18.6. The zero-order chi connectivity index (χ0) is 27.3. The molecule has 0 aliphatic heterocycles. The zero-order valence-electron chi connectivity index (χ0n) is 23.6. The Bertz CT molecular complexity index is 1130. The number of nitrogens with one attached hydrogen (secondary N) is 1. The van der Waals surface area contributed by atoms with Crippen molar-refractivity contribution in [2.24, 2.45) is 5.92 Å². The van der Waals surface area contributed by atoms with E-state index in [1.807, 2.05) is 24.3 Å². The Morgan fingerprint density at radius 1 is 0.921 bits per heavy atom. The van der Waals surface area contributed by atoms with E-state index in [-0.39, 0.29) is 11.8 Å². The van der Waals surface area contributed by atoms with Gasteiger partial charge in [0.1, 0.15) is 11.5 Å². The van der Waals surface area contributed by atoms with Crippen LogP contribution in [-0.4, -0.2) is 42.0 Å². The van der Waals surface area contributed by atoms with E-state index in [9.17, 15) is 4.79 Å². The lowest BCUT2D eigenvalue weighted by molar-refractivity contribution is -0.125. The molecule has 0 bridgehead atoms. The van der Waals surface area contributed by atoms with Crippen LogP contribution in [-0.2, 0) is 11.3 Å². The average molecular weight is 538 g/mol. The maximum Gasteiger partial charge on any atom is 0.223 e. The van der Waals surface area contributed by atoms with Gasteiger partial charge in [-0.05, 0) is 74.2 Å². The van der Waals surface area contributed by atoms with Gasteiger partial charge in [0.2, 0.25) is 5.91 Å². The number of carbonyl (C=O) groups is 1. The van der Waals surface area contributed by atoms with Gasteiger partial charge in [-0.1, -0.05) is 45.4 Å². The summed E-state index contributed by atoms with van der Waals surface area (Å²) in [6.07, 6.45) is 6.01. The lowest BCUT2D eigenvalue weighted by Crippen LogP contribution is -2.31. The molecule has 38 heavy (non-hydrogen) atoms. The molecule has 1 atom stereocenters. The summed E-state index contributed by atoms with van der Waals surface area (Å²) in [6, 6.07) is 16.3. The number of carbonyl (C=O) groups excluding carboxylic acids is 1. The third-order valence-electron chi connectivity index (χ3n) is 6.73. The molecular weight excluding hydrogens is 494 g/mol. The first-order valence-electron chi connectivity index (χ1n) is 13.9. The summed E-state index contributed by atoms with van der Waals surface area (Å²) in [4.78, 5) is 17.7. The number of rotatable bonds is 16. The summed E-state index contributed by atoms with van der Waals surface area (Å²) < 4.78 is 13.1. The lowest BCUT2D eigenvalue weighted by Gasteiger charge is -2.14. The van der Waals surface area contributed by atoms with Gasteiger partial charge >= 0.3 is 0 Å². The number of nitrogens with zero attached hydrogens (tertiary/aromatic N) is 2. The monoisotopic (exact) mass is 537 g/mol. The van der Waals surface area contributed by atoms with Gasteiger partial charge in [0.15, 0.2) is 5.16 Å². The molecule has 0 aliphatic rings. The molecule has 0 saturated carbocycles. The van der Waals surface area contributed by atoms with E-state index in [0.717, 1.165) is 90.0 Å². The fourth-order valence-electron chi connectivity index (χ4n) is 4.53. The predicted octanol–water partition coefficient (Wildman–Crippen LogP) is 7.46. The summed E-state index contributed by atoms with van der Waals surface area (Å²) in [7, 11) is 3.36. The third kappa shape index (κ3) is 7.79. The first kappa shape index (κ1) is 29.6. The number of aromatic nitrogens is 2. The van der Waals surface area contributed by atoms with Gasteiger partial charge < -0.3 is 19.4 Å². The Balaban J connectivity index is 1.80. The highest BCUT2D eigenvalue weighted by Gasteiger charge is 2.21. The molecule has 0 spiro atoms. The molecule has 1 amide bonds. The molecule has 1 N–H and O–H groups in total. The predicted molar refractivity (Wildman–Crippen MR) is 158 cm³/mol. The molecule has 1 heterocycles. The number of hydrogen-bond acceptors (Lipinski definition) is 5. The smallest absolute Gasteiger partial charge is 0.223 e. The van der Waals surface area contributed by atoms with Gasteiger partial charge in [-0.25, -0.2) is 4.98 Å². The van der Waals surface area contributed by atoms with Gasteiger partial charge in [-0.3, -0.25) is 4.79 Å². The number of amides is 1. The first-order valence-corrected chi connectivity index (χ1v) is 14.8. The van der Waals surface area contributed by atoms with Crippen LogP contribution in [0.3, 0.4) is 0 Å². The lowest BCUT2D eigenvalue weighted by atomic mass is 9.98. The second-order valence-corrected chi connectivity index (χ2v) is 10.5. The van der Waals surface area contributed by atoms with E-state index in [1.165, 1.54) is 0 Å².